The number of esters is 1. The van der Waals surface area contributed by atoms with Gasteiger partial charge in [-0.25, -0.2) is 9.59 Å². The lowest BCUT2D eigenvalue weighted by Crippen LogP contribution is -2.69. The zero-order valence-electron chi connectivity index (χ0n) is 13.1. The van der Waals surface area contributed by atoms with Crippen LogP contribution < -0.4 is 5.32 Å². The average Bonchev–Trinajstić information content (AvgIpc) is 2.18. The Bertz CT molecular complexity index is 393. The van der Waals surface area contributed by atoms with Crippen molar-refractivity contribution in [1.82, 2.24) is 5.32 Å². The minimum atomic E-state index is -1.39. The van der Waals surface area contributed by atoms with Crippen molar-refractivity contribution in [3.63, 3.8) is 0 Å². The molecule has 1 rings (SSSR count). The standard InChI is InChI=1S/C14H25NO5/c1-12(2,3)19-10(17)14(8-7-9(14)16)15-11(18)20-13(4,5)6/h9,16H,7-8H2,1-6H3,(H,15,18)/t9?,14-/m0/s1. The number of aliphatic hydroxyl groups is 1. The molecule has 0 aromatic heterocycles. The monoisotopic (exact) mass is 287 g/mol. The van der Waals surface area contributed by atoms with Crippen LogP contribution in [-0.2, 0) is 14.3 Å². The Hall–Kier alpha value is -1.30. The molecule has 1 amide bonds. The quantitative estimate of drug-likeness (QED) is 0.756. The van der Waals surface area contributed by atoms with E-state index in [0.29, 0.717) is 12.8 Å². The summed E-state index contributed by atoms with van der Waals surface area (Å²) in [5.74, 6) is -0.630. The number of aliphatic hydroxyl groups excluding tert-OH is 1. The van der Waals surface area contributed by atoms with E-state index in [2.05, 4.69) is 5.32 Å². The lowest BCUT2D eigenvalue weighted by molar-refractivity contribution is -0.176. The number of hydrogen-bond acceptors (Lipinski definition) is 5. The van der Waals surface area contributed by atoms with E-state index in [4.69, 9.17) is 9.47 Å². The maximum Gasteiger partial charge on any atom is 0.408 e. The molecule has 0 aliphatic heterocycles. The van der Waals surface area contributed by atoms with Gasteiger partial charge in [0.2, 0.25) is 0 Å². The van der Waals surface area contributed by atoms with Gasteiger partial charge in [0.25, 0.3) is 0 Å². The van der Waals surface area contributed by atoms with Gasteiger partial charge < -0.3 is 19.9 Å². The van der Waals surface area contributed by atoms with Crippen molar-refractivity contribution < 1.29 is 24.2 Å². The van der Waals surface area contributed by atoms with Gasteiger partial charge in [-0.2, -0.15) is 0 Å². The van der Waals surface area contributed by atoms with Gasteiger partial charge in [0, 0.05) is 0 Å². The molecule has 0 spiro atoms. The van der Waals surface area contributed by atoms with E-state index in [9.17, 15) is 14.7 Å². The predicted molar refractivity (Wildman–Crippen MR) is 73.2 cm³/mol. The molecule has 1 aliphatic rings. The van der Waals surface area contributed by atoms with Crippen LogP contribution in [0.25, 0.3) is 0 Å². The zero-order valence-corrected chi connectivity index (χ0v) is 13.1. The normalized spacial score (nSPS) is 26.4. The SMILES string of the molecule is CC(C)(C)OC(=O)N[C@@]1(C(=O)OC(C)(C)C)CCC1O. The second kappa shape index (κ2) is 5.24. The van der Waals surface area contributed by atoms with E-state index >= 15 is 0 Å². The molecule has 20 heavy (non-hydrogen) atoms. The minimum absolute atomic E-state index is 0.336. The topological polar surface area (TPSA) is 84.9 Å². The summed E-state index contributed by atoms with van der Waals surface area (Å²) in [4.78, 5) is 24.1. The van der Waals surface area contributed by atoms with Crippen molar-refractivity contribution in [3.05, 3.63) is 0 Å². The van der Waals surface area contributed by atoms with E-state index in [0.717, 1.165) is 0 Å². The van der Waals surface area contributed by atoms with Gasteiger partial charge in [-0.05, 0) is 54.4 Å². The van der Waals surface area contributed by atoms with Gasteiger partial charge in [-0.1, -0.05) is 0 Å². The smallest absolute Gasteiger partial charge is 0.408 e. The van der Waals surface area contributed by atoms with Crippen LogP contribution in [-0.4, -0.2) is 40.0 Å². The highest BCUT2D eigenvalue weighted by Gasteiger charge is 2.56. The lowest BCUT2D eigenvalue weighted by Gasteiger charge is -2.45. The highest BCUT2D eigenvalue weighted by atomic mass is 16.6. The zero-order chi connectivity index (χ0) is 15.8. The van der Waals surface area contributed by atoms with Crippen molar-refractivity contribution in [1.29, 1.82) is 0 Å². The van der Waals surface area contributed by atoms with Crippen LogP contribution in [0.15, 0.2) is 0 Å². The first-order valence-corrected chi connectivity index (χ1v) is 6.78. The Balaban J connectivity index is 2.79. The summed E-state index contributed by atoms with van der Waals surface area (Å²) in [7, 11) is 0. The lowest BCUT2D eigenvalue weighted by atomic mass is 9.73. The largest absolute Gasteiger partial charge is 0.458 e. The number of carbonyl (C=O) groups excluding carboxylic acids is 2. The predicted octanol–water partition coefficient (Wildman–Crippen LogP) is 1.75. The molecule has 1 aliphatic carbocycles. The molecule has 0 heterocycles. The Morgan fingerprint density at radius 3 is 1.90 bits per heavy atom. The number of hydrogen-bond donors (Lipinski definition) is 2. The molecule has 0 radical (unpaired) electrons. The third kappa shape index (κ3) is 4.10. The van der Waals surface area contributed by atoms with Crippen LogP contribution in [0.3, 0.4) is 0 Å². The number of ether oxygens (including phenoxy) is 2. The van der Waals surface area contributed by atoms with Crippen molar-refractivity contribution >= 4 is 12.1 Å². The number of carbonyl (C=O) groups is 2. The summed E-state index contributed by atoms with van der Waals surface area (Å²) in [6, 6.07) is 0. The molecule has 0 bridgehead atoms. The number of alkyl carbamates (subject to hydrolysis) is 1. The summed E-state index contributed by atoms with van der Waals surface area (Å²) in [5.41, 5.74) is -2.75. The average molecular weight is 287 g/mol. The van der Waals surface area contributed by atoms with Gasteiger partial charge in [-0.3, -0.25) is 0 Å². The highest BCUT2D eigenvalue weighted by molar-refractivity contribution is 5.88. The molecule has 1 fully saturated rings. The maximum absolute atomic E-state index is 12.2. The molecule has 0 saturated heterocycles. The first kappa shape index (κ1) is 16.8. The van der Waals surface area contributed by atoms with Gasteiger partial charge in [0.1, 0.15) is 11.2 Å². The van der Waals surface area contributed by atoms with Crippen LogP contribution in [0, 0.1) is 0 Å². The molecule has 1 saturated carbocycles. The highest BCUT2D eigenvalue weighted by Crippen LogP contribution is 2.35. The van der Waals surface area contributed by atoms with E-state index in [1.807, 2.05) is 0 Å². The first-order chi connectivity index (χ1) is 8.86. The Morgan fingerprint density at radius 1 is 1.10 bits per heavy atom. The van der Waals surface area contributed by atoms with Crippen molar-refractivity contribution in [3.8, 4) is 0 Å². The molecule has 2 N–H and O–H groups in total. The fraction of sp³-hybridized carbons (Fsp3) is 0.857. The van der Waals surface area contributed by atoms with Gasteiger partial charge >= 0.3 is 12.1 Å². The van der Waals surface area contributed by atoms with Crippen LogP contribution in [0.5, 0.6) is 0 Å². The fourth-order valence-corrected chi connectivity index (χ4v) is 1.85. The third-order valence-corrected chi connectivity index (χ3v) is 2.87. The second-order valence-corrected chi connectivity index (χ2v) is 7.15. The van der Waals surface area contributed by atoms with Crippen molar-refractivity contribution in [2.24, 2.45) is 0 Å². The van der Waals surface area contributed by atoms with Gasteiger partial charge in [0.15, 0.2) is 5.54 Å². The Kier molecular flexibility index (Phi) is 4.39. The molecule has 0 aromatic rings. The third-order valence-electron chi connectivity index (χ3n) is 2.87. The van der Waals surface area contributed by atoms with Crippen molar-refractivity contribution in [2.45, 2.75) is 77.2 Å². The maximum atomic E-state index is 12.2. The molecule has 1 unspecified atom stereocenters. The van der Waals surface area contributed by atoms with Crippen LogP contribution in [0.1, 0.15) is 54.4 Å². The van der Waals surface area contributed by atoms with E-state index in [-0.39, 0.29) is 0 Å². The fourth-order valence-electron chi connectivity index (χ4n) is 1.85. The molecular formula is C14H25NO5. The molecule has 6 nitrogen and oxygen atoms in total. The van der Waals surface area contributed by atoms with E-state index in [1.165, 1.54) is 0 Å². The van der Waals surface area contributed by atoms with E-state index < -0.39 is 34.9 Å². The molecule has 116 valence electrons. The van der Waals surface area contributed by atoms with Gasteiger partial charge in [-0.15, -0.1) is 0 Å². The summed E-state index contributed by atoms with van der Waals surface area (Å²) in [6.07, 6.45) is -0.913. The Labute approximate surface area is 119 Å². The minimum Gasteiger partial charge on any atom is -0.458 e. The second-order valence-electron chi connectivity index (χ2n) is 7.15. The summed E-state index contributed by atoms with van der Waals surface area (Å²) in [6.45, 7) is 10.4. The number of rotatable bonds is 2. The molecule has 2 atom stereocenters. The summed E-state index contributed by atoms with van der Waals surface area (Å²) in [5, 5.41) is 12.4. The molecular weight excluding hydrogens is 262 g/mol. The number of nitrogens with one attached hydrogen (secondary N) is 1. The summed E-state index contributed by atoms with van der Waals surface area (Å²) < 4.78 is 10.4. The van der Waals surface area contributed by atoms with Crippen molar-refractivity contribution in [2.75, 3.05) is 0 Å². The molecule has 6 heteroatoms. The van der Waals surface area contributed by atoms with Gasteiger partial charge in [0.05, 0.1) is 6.10 Å². The van der Waals surface area contributed by atoms with Crippen LogP contribution in [0.4, 0.5) is 4.79 Å². The number of amides is 1. The van der Waals surface area contributed by atoms with Crippen LogP contribution >= 0.6 is 0 Å². The molecule has 0 aromatic carbocycles. The summed E-state index contributed by atoms with van der Waals surface area (Å²) >= 11 is 0. The van der Waals surface area contributed by atoms with E-state index in [1.54, 1.807) is 41.5 Å². The van der Waals surface area contributed by atoms with Crippen LogP contribution in [0.2, 0.25) is 0 Å². The Morgan fingerprint density at radius 2 is 1.60 bits per heavy atom. The first-order valence-electron chi connectivity index (χ1n) is 6.78.